The van der Waals surface area contributed by atoms with Crippen molar-refractivity contribution in [2.45, 2.75) is 25.3 Å². The molecule has 1 atom stereocenters. The van der Waals surface area contributed by atoms with E-state index in [0.29, 0.717) is 18.8 Å². The maximum absolute atomic E-state index is 12.1. The molecular weight excluding hydrogens is 242 g/mol. The van der Waals surface area contributed by atoms with Crippen LogP contribution in [0.5, 0.6) is 0 Å². The van der Waals surface area contributed by atoms with Crippen molar-refractivity contribution in [3.63, 3.8) is 0 Å². The molecular formula is C9H17N5O2S. The number of nitrogens with one attached hydrogen (secondary N) is 2. The average Bonchev–Trinajstić information content (AvgIpc) is 2.81. The first kappa shape index (κ1) is 12.3. The van der Waals surface area contributed by atoms with Gasteiger partial charge < -0.3 is 5.73 Å². The Bertz CT molecular complexity index is 444. The summed E-state index contributed by atoms with van der Waals surface area (Å²) in [5.41, 5.74) is 6.05. The highest BCUT2D eigenvalue weighted by Crippen LogP contribution is 2.20. The molecule has 1 unspecified atom stereocenters. The van der Waals surface area contributed by atoms with Crippen LogP contribution < -0.4 is 10.5 Å². The van der Waals surface area contributed by atoms with E-state index in [1.165, 1.54) is 16.7 Å². The zero-order valence-corrected chi connectivity index (χ0v) is 10.3. The van der Waals surface area contributed by atoms with Gasteiger partial charge in [0, 0.05) is 25.3 Å². The monoisotopic (exact) mass is 259 g/mol. The molecule has 1 aliphatic heterocycles. The lowest BCUT2D eigenvalue weighted by Gasteiger charge is -2.33. The van der Waals surface area contributed by atoms with E-state index >= 15 is 0 Å². The largest absolute Gasteiger partial charge is 0.329 e. The molecule has 1 aromatic rings. The van der Waals surface area contributed by atoms with Crippen LogP contribution in [0.1, 0.15) is 19.3 Å². The second-order valence-electron chi connectivity index (χ2n) is 4.09. The topological polar surface area (TPSA) is 104 Å². The maximum Gasteiger partial charge on any atom is 0.302 e. The van der Waals surface area contributed by atoms with E-state index in [1.54, 1.807) is 0 Å². The molecule has 7 nitrogen and oxygen atoms in total. The van der Waals surface area contributed by atoms with Gasteiger partial charge in [-0.25, -0.2) is 0 Å². The summed E-state index contributed by atoms with van der Waals surface area (Å²) in [5, 5.41) is 6.26. The van der Waals surface area contributed by atoms with E-state index in [4.69, 9.17) is 5.73 Å². The van der Waals surface area contributed by atoms with Crippen LogP contribution in [-0.4, -0.2) is 42.1 Å². The van der Waals surface area contributed by atoms with Crippen LogP contribution in [0.4, 0.5) is 5.69 Å². The number of piperidine rings is 1. The first-order valence-corrected chi connectivity index (χ1v) is 7.06. The fourth-order valence-corrected chi connectivity index (χ4v) is 3.52. The van der Waals surface area contributed by atoms with E-state index in [-0.39, 0.29) is 6.04 Å². The second-order valence-corrected chi connectivity index (χ2v) is 5.71. The van der Waals surface area contributed by atoms with Crippen LogP contribution in [0.3, 0.4) is 0 Å². The SMILES string of the molecule is NCC1CCCCN1S(=O)(=O)Nc1cn[nH]c1. The summed E-state index contributed by atoms with van der Waals surface area (Å²) in [5.74, 6) is 0. The molecule has 17 heavy (non-hydrogen) atoms. The van der Waals surface area contributed by atoms with Crippen molar-refractivity contribution in [2.75, 3.05) is 17.8 Å². The molecule has 0 saturated carbocycles. The van der Waals surface area contributed by atoms with Crippen LogP contribution in [0.2, 0.25) is 0 Å². The molecule has 0 aliphatic carbocycles. The summed E-state index contributed by atoms with van der Waals surface area (Å²) >= 11 is 0. The molecule has 1 saturated heterocycles. The minimum absolute atomic E-state index is 0.104. The van der Waals surface area contributed by atoms with Crippen LogP contribution in [0.15, 0.2) is 12.4 Å². The highest BCUT2D eigenvalue weighted by molar-refractivity contribution is 7.90. The van der Waals surface area contributed by atoms with E-state index in [1.807, 2.05) is 0 Å². The highest BCUT2D eigenvalue weighted by Gasteiger charge is 2.31. The Kier molecular flexibility index (Phi) is 3.65. The maximum atomic E-state index is 12.1. The molecule has 1 aromatic heterocycles. The van der Waals surface area contributed by atoms with Gasteiger partial charge in [0.05, 0.1) is 11.9 Å². The minimum Gasteiger partial charge on any atom is -0.329 e. The molecule has 0 bridgehead atoms. The van der Waals surface area contributed by atoms with Crippen molar-refractivity contribution in [1.29, 1.82) is 0 Å². The Labute approximate surface area is 101 Å². The van der Waals surface area contributed by atoms with E-state index in [9.17, 15) is 8.42 Å². The van der Waals surface area contributed by atoms with Gasteiger partial charge in [-0.1, -0.05) is 6.42 Å². The molecule has 4 N–H and O–H groups in total. The Balaban J connectivity index is 2.13. The van der Waals surface area contributed by atoms with E-state index in [0.717, 1.165) is 19.3 Å². The van der Waals surface area contributed by atoms with Crippen molar-refractivity contribution in [3.8, 4) is 0 Å². The molecule has 0 amide bonds. The summed E-state index contributed by atoms with van der Waals surface area (Å²) < 4.78 is 28.2. The zero-order chi connectivity index (χ0) is 12.3. The van der Waals surface area contributed by atoms with Crippen molar-refractivity contribution < 1.29 is 8.42 Å². The number of anilines is 1. The van der Waals surface area contributed by atoms with Gasteiger partial charge in [-0.05, 0) is 12.8 Å². The minimum atomic E-state index is -3.52. The number of aromatic nitrogens is 2. The lowest BCUT2D eigenvalue weighted by Crippen LogP contribution is -2.49. The first-order chi connectivity index (χ1) is 8.13. The molecule has 1 fully saturated rings. The predicted molar refractivity (Wildman–Crippen MR) is 64.5 cm³/mol. The third-order valence-electron chi connectivity index (χ3n) is 2.90. The number of aromatic amines is 1. The number of H-pyrrole nitrogens is 1. The van der Waals surface area contributed by atoms with Crippen LogP contribution in [-0.2, 0) is 10.2 Å². The quantitative estimate of drug-likeness (QED) is 0.701. The Hall–Kier alpha value is -1.12. The summed E-state index contributed by atoms with van der Waals surface area (Å²) in [4.78, 5) is 0. The normalized spacial score (nSPS) is 22.5. The van der Waals surface area contributed by atoms with Gasteiger partial charge in [0.15, 0.2) is 0 Å². The average molecular weight is 259 g/mol. The summed E-state index contributed by atoms with van der Waals surface area (Å²) in [6.45, 7) is 0.876. The highest BCUT2D eigenvalue weighted by atomic mass is 32.2. The van der Waals surface area contributed by atoms with Gasteiger partial charge in [0.25, 0.3) is 0 Å². The third kappa shape index (κ3) is 2.76. The number of hydrogen-bond acceptors (Lipinski definition) is 4. The van der Waals surface area contributed by atoms with Crippen molar-refractivity contribution in [1.82, 2.24) is 14.5 Å². The number of nitrogens with zero attached hydrogens (tertiary/aromatic N) is 2. The first-order valence-electron chi connectivity index (χ1n) is 5.62. The molecule has 2 rings (SSSR count). The van der Waals surface area contributed by atoms with Gasteiger partial charge in [-0.2, -0.15) is 17.8 Å². The van der Waals surface area contributed by atoms with E-state index < -0.39 is 10.2 Å². The van der Waals surface area contributed by atoms with Crippen LogP contribution in [0.25, 0.3) is 0 Å². The molecule has 1 aliphatic rings. The molecule has 0 aromatic carbocycles. The zero-order valence-electron chi connectivity index (χ0n) is 9.46. The molecule has 0 spiro atoms. The summed E-state index contributed by atoms with van der Waals surface area (Å²) in [6, 6.07) is -0.104. The number of nitrogens with two attached hydrogens (primary N) is 1. The van der Waals surface area contributed by atoms with Crippen molar-refractivity contribution in [3.05, 3.63) is 12.4 Å². The number of hydrogen-bond donors (Lipinski definition) is 3. The lowest BCUT2D eigenvalue weighted by atomic mass is 10.1. The summed E-state index contributed by atoms with van der Waals surface area (Å²) in [6.07, 6.45) is 5.66. The summed E-state index contributed by atoms with van der Waals surface area (Å²) in [7, 11) is -3.52. The molecule has 2 heterocycles. The van der Waals surface area contributed by atoms with Gasteiger partial charge in [-0.15, -0.1) is 0 Å². The Morgan fingerprint density at radius 2 is 2.41 bits per heavy atom. The van der Waals surface area contributed by atoms with E-state index in [2.05, 4.69) is 14.9 Å². The second kappa shape index (κ2) is 5.03. The van der Waals surface area contributed by atoms with Crippen molar-refractivity contribution >= 4 is 15.9 Å². The number of rotatable bonds is 4. The predicted octanol–water partition coefficient (Wildman–Crippen LogP) is -0.120. The van der Waals surface area contributed by atoms with Gasteiger partial charge in [0.2, 0.25) is 0 Å². The fourth-order valence-electron chi connectivity index (χ4n) is 2.04. The van der Waals surface area contributed by atoms with Gasteiger partial charge in [-0.3, -0.25) is 9.82 Å². The van der Waals surface area contributed by atoms with Crippen LogP contribution >= 0.6 is 0 Å². The Morgan fingerprint density at radius 1 is 1.59 bits per heavy atom. The standard InChI is InChI=1S/C9H17N5O2S/c10-5-9-3-1-2-4-14(9)17(15,16)13-8-6-11-12-7-8/h6-7,9,13H,1-5,10H2,(H,11,12). The van der Waals surface area contributed by atoms with Gasteiger partial charge >= 0.3 is 10.2 Å². The smallest absolute Gasteiger partial charge is 0.302 e. The Morgan fingerprint density at radius 3 is 3.06 bits per heavy atom. The molecule has 0 radical (unpaired) electrons. The molecule has 96 valence electrons. The fraction of sp³-hybridized carbons (Fsp3) is 0.667. The van der Waals surface area contributed by atoms with Crippen LogP contribution in [0, 0.1) is 0 Å². The third-order valence-corrected chi connectivity index (χ3v) is 4.49. The molecule has 8 heteroatoms. The lowest BCUT2D eigenvalue weighted by molar-refractivity contribution is 0.259. The van der Waals surface area contributed by atoms with Gasteiger partial charge in [0.1, 0.15) is 0 Å². The van der Waals surface area contributed by atoms with Crippen molar-refractivity contribution in [2.24, 2.45) is 5.73 Å².